The topological polar surface area (TPSA) is 20.2 Å². The van der Waals surface area contributed by atoms with E-state index in [0.717, 1.165) is 19.3 Å². The van der Waals surface area contributed by atoms with Gasteiger partial charge in [0.25, 0.3) is 0 Å². The van der Waals surface area contributed by atoms with E-state index >= 15 is 0 Å². The zero-order valence-electron chi connectivity index (χ0n) is 8.72. The van der Waals surface area contributed by atoms with E-state index in [1.807, 2.05) is 6.92 Å². The van der Waals surface area contributed by atoms with Gasteiger partial charge in [0.05, 0.1) is 0 Å². The van der Waals surface area contributed by atoms with Crippen LogP contribution in [-0.2, 0) is 0 Å². The third-order valence-corrected chi connectivity index (χ3v) is 3.74. The van der Waals surface area contributed by atoms with Crippen LogP contribution in [0, 0.1) is 11.3 Å². The minimum atomic E-state index is -0.729. The number of hydrogen-bond donors (Lipinski definition) is 1. The predicted octanol–water partition coefficient (Wildman–Crippen LogP) is 2.92. The molecule has 1 unspecified atom stereocenters. The van der Waals surface area contributed by atoms with E-state index in [1.54, 1.807) is 0 Å². The molecule has 0 aromatic rings. The van der Waals surface area contributed by atoms with Crippen molar-refractivity contribution in [3.63, 3.8) is 0 Å². The quantitative estimate of drug-likeness (QED) is 0.719. The van der Waals surface area contributed by atoms with E-state index in [4.69, 9.17) is 0 Å². The van der Waals surface area contributed by atoms with Crippen molar-refractivity contribution in [2.45, 2.75) is 52.1 Å². The minimum Gasteiger partial charge on any atom is -0.396 e. The summed E-state index contributed by atoms with van der Waals surface area (Å²) < 4.78 is 13.3. The van der Waals surface area contributed by atoms with Gasteiger partial charge in [-0.2, -0.15) is 0 Å². The molecule has 0 radical (unpaired) electrons. The smallest absolute Gasteiger partial charge is 0.100 e. The van der Waals surface area contributed by atoms with E-state index in [-0.39, 0.29) is 12.0 Å². The van der Waals surface area contributed by atoms with E-state index in [9.17, 15) is 9.50 Å². The van der Waals surface area contributed by atoms with Crippen LogP contribution in [0.3, 0.4) is 0 Å². The van der Waals surface area contributed by atoms with Gasteiger partial charge in [-0.1, -0.05) is 26.7 Å². The Morgan fingerprint density at radius 1 is 1.62 bits per heavy atom. The first-order chi connectivity index (χ1) is 6.14. The largest absolute Gasteiger partial charge is 0.396 e. The summed E-state index contributed by atoms with van der Waals surface area (Å²) in [5.41, 5.74) is -0.102. The number of halogens is 1. The lowest BCUT2D eigenvalue weighted by molar-refractivity contribution is 0.0532. The maximum atomic E-state index is 13.3. The second kappa shape index (κ2) is 4.41. The van der Waals surface area contributed by atoms with Crippen LogP contribution in [0.15, 0.2) is 0 Å². The average Bonchev–Trinajstić information content (AvgIpc) is 2.48. The number of rotatable bonds is 4. The van der Waals surface area contributed by atoms with E-state index in [2.05, 4.69) is 6.92 Å². The molecule has 3 atom stereocenters. The molecule has 1 nitrogen and oxygen atoms in total. The molecule has 0 bridgehead atoms. The van der Waals surface area contributed by atoms with Crippen molar-refractivity contribution in [3.05, 3.63) is 0 Å². The summed E-state index contributed by atoms with van der Waals surface area (Å²) in [7, 11) is 0. The normalized spacial score (nSPS) is 36.5. The lowest BCUT2D eigenvalue weighted by atomic mass is 9.75. The molecule has 1 N–H and O–H groups in total. The van der Waals surface area contributed by atoms with Gasteiger partial charge in [-0.05, 0) is 30.6 Å². The van der Waals surface area contributed by atoms with Gasteiger partial charge < -0.3 is 5.11 Å². The Labute approximate surface area is 80.3 Å². The first-order valence-corrected chi connectivity index (χ1v) is 5.39. The predicted molar refractivity (Wildman–Crippen MR) is 52.3 cm³/mol. The summed E-state index contributed by atoms with van der Waals surface area (Å²) in [4.78, 5) is 0. The summed E-state index contributed by atoms with van der Waals surface area (Å²) in [6.07, 6.45) is 3.71. The zero-order chi connectivity index (χ0) is 9.90. The summed E-state index contributed by atoms with van der Waals surface area (Å²) in [6.45, 7) is 4.18. The van der Waals surface area contributed by atoms with Crippen molar-refractivity contribution in [1.29, 1.82) is 0 Å². The van der Waals surface area contributed by atoms with E-state index < -0.39 is 6.17 Å². The molecule has 1 aliphatic carbocycles. The highest BCUT2D eigenvalue weighted by molar-refractivity contribution is 4.90. The Hall–Kier alpha value is -0.110. The molecule has 1 aliphatic rings. The minimum absolute atomic E-state index is 0.102. The molecule has 78 valence electrons. The zero-order valence-corrected chi connectivity index (χ0v) is 8.72. The van der Waals surface area contributed by atoms with Crippen molar-refractivity contribution in [2.24, 2.45) is 11.3 Å². The van der Waals surface area contributed by atoms with Crippen LogP contribution in [0.2, 0.25) is 0 Å². The second-order valence-corrected chi connectivity index (χ2v) is 4.52. The third-order valence-electron chi connectivity index (χ3n) is 3.74. The number of aliphatic hydroxyl groups excluding tert-OH is 1. The summed E-state index contributed by atoms with van der Waals surface area (Å²) in [6, 6.07) is 0. The van der Waals surface area contributed by atoms with Gasteiger partial charge in [-0.25, -0.2) is 4.39 Å². The second-order valence-electron chi connectivity index (χ2n) is 4.52. The Morgan fingerprint density at radius 2 is 2.31 bits per heavy atom. The molecule has 13 heavy (non-hydrogen) atoms. The van der Waals surface area contributed by atoms with Crippen molar-refractivity contribution in [2.75, 3.05) is 6.61 Å². The standard InChI is InChI=1S/C11H21FO/c1-3-10(12)7-11(8-13)6-4-5-9(11)2/h9-10,13H,3-8H2,1-2H3/t9?,10-,11+/m1/s1. The van der Waals surface area contributed by atoms with Gasteiger partial charge in [0.1, 0.15) is 6.17 Å². The SMILES string of the molecule is CC[C@@H](F)C[C@]1(CO)CCCC1C. The van der Waals surface area contributed by atoms with Gasteiger partial charge in [-0.3, -0.25) is 0 Å². The fraction of sp³-hybridized carbons (Fsp3) is 1.00. The highest BCUT2D eigenvalue weighted by atomic mass is 19.1. The first kappa shape index (κ1) is 11.0. The van der Waals surface area contributed by atoms with Crippen LogP contribution in [-0.4, -0.2) is 17.9 Å². The average molecular weight is 188 g/mol. The molecule has 0 aromatic carbocycles. The molecular weight excluding hydrogens is 167 g/mol. The molecule has 0 saturated heterocycles. The highest BCUT2D eigenvalue weighted by Crippen LogP contribution is 2.46. The number of hydrogen-bond acceptors (Lipinski definition) is 1. The monoisotopic (exact) mass is 188 g/mol. The molecule has 0 heterocycles. The maximum absolute atomic E-state index is 13.3. The van der Waals surface area contributed by atoms with Gasteiger partial charge in [0.15, 0.2) is 0 Å². The van der Waals surface area contributed by atoms with Crippen molar-refractivity contribution < 1.29 is 9.50 Å². The van der Waals surface area contributed by atoms with Crippen LogP contribution in [0.4, 0.5) is 4.39 Å². The molecule has 0 aromatic heterocycles. The Balaban J connectivity index is 2.58. The Morgan fingerprint density at radius 3 is 2.69 bits per heavy atom. The summed E-state index contributed by atoms with van der Waals surface area (Å²) >= 11 is 0. The lowest BCUT2D eigenvalue weighted by Crippen LogP contribution is -2.31. The van der Waals surface area contributed by atoms with Crippen LogP contribution in [0.5, 0.6) is 0 Å². The molecule has 0 amide bonds. The molecule has 1 rings (SSSR count). The van der Waals surface area contributed by atoms with Crippen molar-refractivity contribution in [1.82, 2.24) is 0 Å². The van der Waals surface area contributed by atoms with Crippen LogP contribution in [0.1, 0.15) is 46.0 Å². The van der Waals surface area contributed by atoms with Gasteiger partial charge in [0, 0.05) is 6.61 Å². The molecule has 2 heteroatoms. The van der Waals surface area contributed by atoms with Crippen molar-refractivity contribution >= 4 is 0 Å². The molecule has 1 fully saturated rings. The Kier molecular flexibility index (Phi) is 3.72. The maximum Gasteiger partial charge on any atom is 0.100 e. The third kappa shape index (κ3) is 2.22. The van der Waals surface area contributed by atoms with Crippen molar-refractivity contribution in [3.8, 4) is 0 Å². The van der Waals surface area contributed by atoms with Crippen LogP contribution in [0.25, 0.3) is 0 Å². The fourth-order valence-electron chi connectivity index (χ4n) is 2.50. The number of alkyl halides is 1. The first-order valence-electron chi connectivity index (χ1n) is 5.39. The lowest BCUT2D eigenvalue weighted by Gasteiger charge is -2.32. The van der Waals surface area contributed by atoms with Gasteiger partial charge >= 0.3 is 0 Å². The van der Waals surface area contributed by atoms with Crippen LogP contribution < -0.4 is 0 Å². The van der Waals surface area contributed by atoms with Gasteiger partial charge in [-0.15, -0.1) is 0 Å². The molecule has 1 saturated carbocycles. The highest BCUT2D eigenvalue weighted by Gasteiger charge is 2.40. The molecule has 0 aliphatic heterocycles. The summed E-state index contributed by atoms with van der Waals surface area (Å²) in [5.74, 6) is 0.488. The van der Waals surface area contributed by atoms with Crippen LogP contribution >= 0.6 is 0 Å². The Bertz CT molecular complexity index is 160. The van der Waals surface area contributed by atoms with Gasteiger partial charge in [0.2, 0.25) is 0 Å². The summed E-state index contributed by atoms with van der Waals surface area (Å²) in [5, 5.41) is 9.36. The van der Waals surface area contributed by atoms with E-state index in [1.165, 1.54) is 0 Å². The van der Waals surface area contributed by atoms with E-state index in [0.29, 0.717) is 18.8 Å². The fourth-order valence-corrected chi connectivity index (χ4v) is 2.50. The molecular formula is C11H21FO. The number of aliphatic hydroxyl groups is 1. The molecule has 0 spiro atoms.